The van der Waals surface area contributed by atoms with Gasteiger partial charge in [0.1, 0.15) is 0 Å². The van der Waals surface area contributed by atoms with Crippen molar-refractivity contribution >= 4 is 11.8 Å². The summed E-state index contributed by atoms with van der Waals surface area (Å²) in [6.07, 6.45) is 4.32. The molecule has 2 rings (SSSR count). The van der Waals surface area contributed by atoms with Gasteiger partial charge in [-0.25, -0.2) is 8.78 Å². The van der Waals surface area contributed by atoms with Crippen LogP contribution in [-0.4, -0.2) is 29.0 Å². The zero-order valence-electron chi connectivity index (χ0n) is 11.5. The molecule has 0 aromatic heterocycles. The maximum Gasteiger partial charge on any atom is 0.248 e. The van der Waals surface area contributed by atoms with Gasteiger partial charge in [-0.05, 0) is 50.8 Å². The number of halogens is 2. The van der Waals surface area contributed by atoms with Gasteiger partial charge in [0, 0.05) is 23.6 Å². The molecule has 0 spiro atoms. The Bertz CT molecular complexity index is 277. The van der Waals surface area contributed by atoms with Gasteiger partial charge in [0.25, 0.3) is 0 Å². The molecule has 2 fully saturated rings. The first-order valence-electron chi connectivity index (χ1n) is 7.20. The highest BCUT2D eigenvalue weighted by Crippen LogP contribution is 2.46. The number of hydrogen-bond acceptors (Lipinski definition) is 2. The summed E-state index contributed by atoms with van der Waals surface area (Å²) in [5.41, 5.74) is 0. The van der Waals surface area contributed by atoms with Crippen LogP contribution in [-0.2, 0) is 0 Å². The lowest BCUT2D eigenvalue weighted by atomic mass is 9.87. The van der Waals surface area contributed by atoms with Crippen LogP contribution in [0.5, 0.6) is 0 Å². The molecule has 0 aromatic rings. The van der Waals surface area contributed by atoms with E-state index in [1.165, 1.54) is 18.6 Å². The lowest BCUT2D eigenvalue weighted by Crippen LogP contribution is -2.46. The van der Waals surface area contributed by atoms with Crippen LogP contribution >= 0.6 is 11.8 Å². The van der Waals surface area contributed by atoms with Crippen molar-refractivity contribution < 1.29 is 8.78 Å². The number of hydrogen-bond donors (Lipinski definition) is 1. The molecule has 4 heteroatoms. The smallest absolute Gasteiger partial charge is 0.248 e. The molecule has 1 nitrogen and oxygen atoms in total. The van der Waals surface area contributed by atoms with Gasteiger partial charge >= 0.3 is 0 Å². The van der Waals surface area contributed by atoms with Gasteiger partial charge in [-0.2, -0.15) is 11.8 Å². The summed E-state index contributed by atoms with van der Waals surface area (Å²) in [7, 11) is 0. The van der Waals surface area contributed by atoms with Crippen LogP contribution in [0.4, 0.5) is 8.78 Å². The molecule has 1 N–H and O–H groups in total. The molecule has 2 aliphatic rings. The van der Waals surface area contributed by atoms with Crippen LogP contribution in [0.25, 0.3) is 0 Å². The van der Waals surface area contributed by atoms with Crippen LogP contribution in [0.1, 0.15) is 52.4 Å². The van der Waals surface area contributed by atoms with Gasteiger partial charge in [-0.3, -0.25) is 0 Å². The van der Waals surface area contributed by atoms with E-state index in [0.29, 0.717) is 12.5 Å². The molecule has 0 radical (unpaired) electrons. The van der Waals surface area contributed by atoms with Crippen LogP contribution < -0.4 is 5.32 Å². The minimum absolute atomic E-state index is 0.0976. The van der Waals surface area contributed by atoms with E-state index in [2.05, 4.69) is 19.2 Å². The van der Waals surface area contributed by atoms with Crippen LogP contribution in [0.3, 0.4) is 0 Å². The molecule has 0 aromatic carbocycles. The summed E-state index contributed by atoms with van der Waals surface area (Å²) < 4.78 is 26.8. The third kappa shape index (κ3) is 3.38. The molecular weight excluding hydrogens is 252 g/mol. The van der Waals surface area contributed by atoms with Crippen molar-refractivity contribution in [3.05, 3.63) is 0 Å². The molecule has 1 aliphatic heterocycles. The fourth-order valence-corrected chi connectivity index (χ4v) is 4.87. The molecule has 0 amide bonds. The molecule has 0 bridgehead atoms. The second kappa shape index (κ2) is 5.66. The van der Waals surface area contributed by atoms with Crippen molar-refractivity contribution in [1.82, 2.24) is 5.32 Å². The summed E-state index contributed by atoms with van der Waals surface area (Å²) in [4.78, 5) is 0. The Hall–Kier alpha value is 0.170. The van der Waals surface area contributed by atoms with E-state index in [1.54, 1.807) is 0 Å². The van der Waals surface area contributed by atoms with Crippen molar-refractivity contribution in [2.45, 2.75) is 69.1 Å². The SMILES string of the molecule is CCNC(CC1CCC(F)(F)C1)C1(C)CCCS1. The van der Waals surface area contributed by atoms with Crippen LogP contribution in [0, 0.1) is 5.92 Å². The maximum atomic E-state index is 13.3. The van der Waals surface area contributed by atoms with Gasteiger partial charge in [0.2, 0.25) is 5.92 Å². The Labute approximate surface area is 113 Å². The Morgan fingerprint density at radius 3 is 2.67 bits per heavy atom. The zero-order valence-corrected chi connectivity index (χ0v) is 12.3. The van der Waals surface area contributed by atoms with E-state index >= 15 is 0 Å². The third-order valence-corrected chi connectivity index (χ3v) is 6.15. The van der Waals surface area contributed by atoms with Gasteiger partial charge < -0.3 is 5.32 Å². The monoisotopic (exact) mass is 277 g/mol. The molecule has 1 aliphatic carbocycles. The first kappa shape index (κ1) is 14.6. The van der Waals surface area contributed by atoms with Crippen molar-refractivity contribution in [2.24, 2.45) is 5.92 Å². The van der Waals surface area contributed by atoms with E-state index in [4.69, 9.17) is 0 Å². The maximum absolute atomic E-state index is 13.3. The van der Waals surface area contributed by atoms with E-state index < -0.39 is 5.92 Å². The number of nitrogens with one attached hydrogen (secondary N) is 1. The highest BCUT2D eigenvalue weighted by atomic mass is 32.2. The summed E-state index contributed by atoms with van der Waals surface area (Å²) in [6.45, 7) is 5.36. The topological polar surface area (TPSA) is 12.0 Å². The molecule has 3 unspecified atom stereocenters. The predicted molar refractivity (Wildman–Crippen MR) is 74.5 cm³/mol. The average Bonchev–Trinajstić information content (AvgIpc) is 2.86. The normalized spacial score (nSPS) is 37.0. The van der Waals surface area contributed by atoms with E-state index in [0.717, 1.165) is 13.0 Å². The molecule has 3 atom stereocenters. The van der Waals surface area contributed by atoms with Crippen LogP contribution in [0.2, 0.25) is 0 Å². The first-order valence-corrected chi connectivity index (χ1v) is 8.19. The van der Waals surface area contributed by atoms with Gasteiger partial charge in [-0.1, -0.05) is 6.92 Å². The van der Waals surface area contributed by atoms with Gasteiger partial charge in [0.05, 0.1) is 0 Å². The van der Waals surface area contributed by atoms with Crippen molar-refractivity contribution in [2.75, 3.05) is 12.3 Å². The molecular formula is C14H25F2NS. The third-order valence-electron chi connectivity index (χ3n) is 4.51. The number of thioether (sulfide) groups is 1. The molecule has 1 saturated heterocycles. The molecule has 106 valence electrons. The highest BCUT2D eigenvalue weighted by Gasteiger charge is 2.43. The fraction of sp³-hybridized carbons (Fsp3) is 1.00. The van der Waals surface area contributed by atoms with E-state index in [1.807, 2.05) is 11.8 Å². The van der Waals surface area contributed by atoms with Crippen molar-refractivity contribution in [3.8, 4) is 0 Å². The number of alkyl halides is 2. The lowest BCUT2D eigenvalue weighted by molar-refractivity contribution is 0.00415. The summed E-state index contributed by atoms with van der Waals surface area (Å²) in [5, 5.41) is 3.55. The standard InChI is InChI=1S/C14H25F2NS/c1-3-17-12(13(2)6-4-8-18-13)9-11-5-7-14(15,16)10-11/h11-12,17H,3-10H2,1-2H3. The first-order chi connectivity index (χ1) is 8.45. The Morgan fingerprint density at radius 1 is 1.39 bits per heavy atom. The second-order valence-electron chi connectivity index (χ2n) is 6.08. The molecule has 18 heavy (non-hydrogen) atoms. The fourth-order valence-electron chi connectivity index (χ4n) is 3.45. The Morgan fingerprint density at radius 2 is 2.17 bits per heavy atom. The van der Waals surface area contributed by atoms with Crippen molar-refractivity contribution in [1.29, 1.82) is 0 Å². The molecule has 1 heterocycles. The summed E-state index contributed by atoms with van der Waals surface area (Å²) >= 11 is 2.03. The summed E-state index contributed by atoms with van der Waals surface area (Å²) in [5.74, 6) is -0.966. The van der Waals surface area contributed by atoms with Gasteiger partial charge in [-0.15, -0.1) is 0 Å². The predicted octanol–water partition coefficient (Wildman–Crippen LogP) is 4.08. The summed E-state index contributed by atoms with van der Waals surface area (Å²) in [6, 6.07) is 0.397. The molecule has 1 saturated carbocycles. The average molecular weight is 277 g/mol. The largest absolute Gasteiger partial charge is 0.313 e. The van der Waals surface area contributed by atoms with Crippen molar-refractivity contribution in [3.63, 3.8) is 0 Å². The lowest BCUT2D eigenvalue weighted by Gasteiger charge is -2.35. The zero-order chi connectivity index (χ0) is 13.2. The number of rotatable bonds is 5. The van der Waals surface area contributed by atoms with E-state index in [9.17, 15) is 8.78 Å². The van der Waals surface area contributed by atoms with Crippen LogP contribution in [0.15, 0.2) is 0 Å². The van der Waals surface area contributed by atoms with Gasteiger partial charge in [0.15, 0.2) is 0 Å². The quantitative estimate of drug-likeness (QED) is 0.813. The Kier molecular flexibility index (Phi) is 4.58. The Balaban J connectivity index is 1.94. The highest BCUT2D eigenvalue weighted by molar-refractivity contribution is 8.00. The second-order valence-corrected chi connectivity index (χ2v) is 7.70. The van der Waals surface area contributed by atoms with E-state index in [-0.39, 0.29) is 23.5 Å². The minimum atomic E-state index is -2.40. The minimum Gasteiger partial charge on any atom is -0.313 e.